The Labute approximate surface area is 206 Å². The van der Waals surface area contributed by atoms with Crippen LogP contribution in [0.4, 0.5) is 4.39 Å². The molecule has 1 aliphatic rings. The van der Waals surface area contributed by atoms with E-state index in [2.05, 4.69) is 16.9 Å². The lowest BCUT2D eigenvalue weighted by atomic mass is 9.99. The average Bonchev–Trinajstić information content (AvgIpc) is 3.37. The molecule has 1 fully saturated rings. The van der Waals surface area contributed by atoms with Crippen molar-refractivity contribution in [2.24, 2.45) is 5.92 Å². The number of hydrogen-bond acceptors (Lipinski definition) is 3. The molecule has 1 aromatic heterocycles. The lowest BCUT2D eigenvalue weighted by Crippen LogP contribution is -1.99. The number of hydrogen-bond donors (Lipinski definition) is 0. The third-order valence-corrected chi connectivity index (χ3v) is 7.21. The van der Waals surface area contributed by atoms with E-state index in [0.29, 0.717) is 23.7 Å². The van der Waals surface area contributed by atoms with E-state index in [9.17, 15) is 4.39 Å². The molecule has 0 atom stereocenters. The number of aryl methyl sites for hydroxylation is 1. The number of rotatable bonds is 17. The van der Waals surface area contributed by atoms with Gasteiger partial charge < -0.3 is 4.74 Å². The number of benzene rings is 1. The Kier molecular flexibility index (Phi) is 12.4. The molecule has 0 spiro atoms. The van der Waals surface area contributed by atoms with Crippen LogP contribution in [-0.4, -0.2) is 16.6 Å². The maximum Gasteiger partial charge on any atom is 0.162 e. The summed E-state index contributed by atoms with van der Waals surface area (Å²) < 4.78 is 20.5. The lowest BCUT2D eigenvalue weighted by molar-refractivity contribution is 0.302. The first-order valence-electron chi connectivity index (χ1n) is 14.0. The summed E-state index contributed by atoms with van der Waals surface area (Å²) in [6.45, 7) is 2.88. The van der Waals surface area contributed by atoms with Crippen LogP contribution in [0, 0.1) is 11.7 Å². The minimum absolute atomic E-state index is 0.326. The van der Waals surface area contributed by atoms with E-state index in [4.69, 9.17) is 4.74 Å². The van der Waals surface area contributed by atoms with Crippen molar-refractivity contribution in [2.45, 2.75) is 116 Å². The minimum atomic E-state index is -0.326. The fourth-order valence-corrected chi connectivity index (χ4v) is 5.05. The van der Waals surface area contributed by atoms with Crippen LogP contribution in [0.1, 0.15) is 115 Å². The number of nitrogens with zero attached hydrogens (tertiary/aromatic N) is 2. The molecule has 1 aliphatic carbocycles. The van der Waals surface area contributed by atoms with Crippen molar-refractivity contribution in [1.82, 2.24) is 9.97 Å². The van der Waals surface area contributed by atoms with Crippen LogP contribution in [0.3, 0.4) is 0 Å². The van der Waals surface area contributed by atoms with Crippen molar-refractivity contribution >= 4 is 0 Å². The molecule has 0 aliphatic heterocycles. The fourth-order valence-electron chi connectivity index (χ4n) is 5.05. The van der Waals surface area contributed by atoms with Crippen LogP contribution >= 0.6 is 0 Å². The van der Waals surface area contributed by atoms with Gasteiger partial charge in [-0.1, -0.05) is 96.8 Å². The van der Waals surface area contributed by atoms with E-state index in [0.717, 1.165) is 30.7 Å². The summed E-state index contributed by atoms with van der Waals surface area (Å²) in [6, 6.07) is 5.02. The second-order valence-electron chi connectivity index (χ2n) is 10.1. The van der Waals surface area contributed by atoms with E-state index in [1.54, 1.807) is 6.07 Å². The normalized spacial score (nSPS) is 14.1. The minimum Gasteiger partial charge on any atom is -0.493 e. The van der Waals surface area contributed by atoms with Gasteiger partial charge in [-0.2, -0.15) is 0 Å². The zero-order valence-electron chi connectivity index (χ0n) is 21.4. The topological polar surface area (TPSA) is 35.0 Å². The molecule has 0 N–H and O–H groups in total. The second-order valence-corrected chi connectivity index (χ2v) is 10.1. The molecular weight excluding hydrogens is 423 g/mol. The highest BCUT2D eigenvalue weighted by molar-refractivity contribution is 5.57. The van der Waals surface area contributed by atoms with Gasteiger partial charge >= 0.3 is 0 Å². The van der Waals surface area contributed by atoms with Gasteiger partial charge in [-0.25, -0.2) is 14.4 Å². The highest BCUT2D eigenvalue weighted by Crippen LogP contribution is 2.29. The molecule has 0 amide bonds. The largest absolute Gasteiger partial charge is 0.493 e. The quantitative estimate of drug-likeness (QED) is 0.217. The maximum atomic E-state index is 14.7. The zero-order chi connectivity index (χ0) is 23.8. The first-order chi connectivity index (χ1) is 16.8. The Bertz CT molecular complexity index is 802. The van der Waals surface area contributed by atoms with Crippen LogP contribution in [0.2, 0.25) is 0 Å². The second kappa shape index (κ2) is 15.8. The molecule has 2 aromatic rings. The average molecular weight is 469 g/mol. The van der Waals surface area contributed by atoms with Gasteiger partial charge in [-0.3, -0.25) is 0 Å². The molecular formula is C30H45FN2O. The monoisotopic (exact) mass is 468 g/mol. The lowest BCUT2D eigenvalue weighted by Gasteiger charge is -2.09. The summed E-state index contributed by atoms with van der Waals surface area (Å²) in [5.74, 6) is 1.71. The molecule has 0 unspecified atom stereocenters. The summed E-state index contributed by atoms with van der Waals surface area (Å²) in [5, 5.41) is 0. The first kappa shape index (κ1) is 26.6. The molecule has 34 heavy (non-hydrogen) atoms. The predicted molar refractivity (Wildman–Crippen MR) is 140 cm³/mol. The van der Waals surface area contributed by atoms with Gasteiger partial charge in [0.2, 0.25) is 0 Å². The van der Waals surface area contributed by atoms with Crippen LogP contribution in [0.5, 0.6) is 5.75 Å². The summed E-state index contributed by atoms with van der Waals surface area (Å²) in [5.41, 5.74) is 1.55. The van der Waals surface area contributed by atoms with Crippen molar-refractivity contribution in [3.8, 4) is 17.1 Å². The Morgan fingerprint density at radius 3 is 2.26 bits per heavy atom. The summed E-state index contributed by atoms with van der Waals surface area (Å²) in [6.07, 6.45) is 25.7. The fraction of sp³-hybridized carbons (Fsp3) is 0.667. The van der Waals surface area contributed by atoms with Gasteiger partial charge in [0, 0.05) is 18.5 Å². The smallest absolute Gasteiger partial charge is 0.162 e. The Morgan fingerprint density at radius 2 is 1.53 bits per heavy atom. The van der Waals surface area contributed by atoms with Gasteiger partial charge in [0.15, 0.2) is 5.82 Å². The Morgan fingerprint density at radius 1 is 0.853 bits per heavy atom. The van der Waals surface area contributed by atoms with E-state index < -0.39 is 0 Å². The molecule has 3 nitrogen and oxygen atoms in total. The van der Waals surface area contributed by atoms with E-state index >= 15 is 0 Å². The number of halogens is 1. The first-order valence-corrected chi connectivity index (χ1v) is 14.0. The zero-order valence-corrected chi connectivity index (χ0v) is 21.4. The summed E-state index contributed by atoms with van der Waals surface area (Å²) in [7, 11) is 0. The Hall–Kier alpha value is -1.97. The van der Waals surface area contributed by atoms with Crippen LogP contribution in [0.25, 0.3) is 11.4 Å². The highest BCUT2D eigenvalue weighted by atomic mass is 19.1. The number of ether oxygens (including phenoxy) is 1. The molecule has 4 heteroatoms. The van der Waals surface area contributed by atoms with Crippen molar-refractivity contribution < 1.29 is 9.13 Å². The van der Waals surface area contributed by atoms with Crippen molar-refractivity contribution in [3.63, 3.8) is 0 Å². The van der Waals surface area contributed by atoms with Crippen molar-refractivity contribution in [2.75, 3.05) is 6.61 Å². The van der Waals surface area contributed by atoms with Crippen LogP contribution in [0.15, 0.2) is 30.6 Å². The van der Waals surface area contributed by atoms with E-state index in [1.807, 2.05) is 18.5 Å². The summed E-state index contributed by atoms with van der Waals surface area (Å²) >= 11 is 0. The molecule has 3 rings (SSSR count). The van der Waals surface area contributed by atoms with Crippen LogP contribution in [-0.2, 0) is 6.42 Å². The van der Waals surface area contributed by atoms with Gasteiger partial charge in [0.1, 0.15) is 11.6 Å². The van der Waals surface area contributed by atoms with Gasteiger partial charge in [-0.15, -0.1) is 0 Å². The maximum absolute atomic E-state index is 14.7. The Balaban J connectivity index is 1.31. The van der Waals surface area contributed by atoms with Gasteiger partial charge in [0.25, 0.3) is 0 Å². The van der Waals surface area contributed by atoms with Crippen molar-refractivity contribution in [3.05, 3.63) is 42.0 Å². The van der Waals surface area contributed by atoms with E-state index in [1.165, 1.54) is 96.0 Å². The number of unbranched alkanes of at least 4 members (excludes halogenated alkanes) is 9. The predicted octanol–water partition coefficient (Wildman–Crippen LogP) is 9.10. The molecule has 0 saturated heterocycles. The third kappa shape index (κ3) is 9.72. The molecule has 1 aromatic carbocycles. The molecule has 188 valence electrons. The van der Waals surface area contributed by atoms with Gasteiger partial charge in [0.05, 0.1) is 12.2 Å². The summed E-state index contributed by atoms with van der Waals surface area (Å²) in [4.78, 5) is 8.82. The number of aromatic nitrogens is 2. The standard InChI is InChI=1S/C30H45FN2O/c1-2-3-4-5-7-11-18-26-23-32-30(33-24-26)28-20-19-27(22-29(28)31)34-21-14-9-6-8-10-15-25-16-12-13-17-25/h19-20,22-25H,2-18,21H2,1H3. The molecule has 1 heterocycles. The van der Waals surface area contributed by atoms with E-state index in [-0.39, 0.29) is 5.82 Å². The van der Waals surface area contributed by atoms with Crippen LogP contribution < -0.4 is 4.74 Å². The molecule has 0 radical (unpaired) electrons. The molecule has 0 bridgehead atoms. The highest BCUT2D eigenvalue weighted by Gasteiger charge is 2.14. The SMILES string of the molecule is CCCCCCCCc1cnc(-c2ccc(OCCCCCCCC3CCCC3)cc2F)nc1. The van der Waals surface area contributed by atoms with Crippen molar-refractivity contribution in [1.29, 1.82) is 0 Å². The molecule has 1 saturated carbocycles. The van der Waals surface area contributed by atoms with Gasteiger partial charge in [-0.05, 0) is 42.9 Å². The third-order valence-electron chi connectivity index (χ3n) is 7.21.